The van der Waals surface area contributed by atoms with Crippen molar-refractivity contribution in [3.05, 3.63) is 47.1 Å². The van der Waals surface area contributed by atoms with Gasteiger partial charge in [-0.1, -0.05) is 17.7 Å². The van der Waals surface area contributed by atoms with Crippen LogP contribution >= 0.6 is 11.6 Å². The van der Waals surface area contributed by atoms with E-state index in [1.807, 2.05) is 43.3 Å². The molecule has 0 spiro atoms. The number of hydrogen-bond donors (Lipinski definition) is 3. The number of carbonyl (C=O) groups is 1. The van der Waals surface area contributed by atoms with E-state index in [0.717, 1.165) is 5.69 Å². The average Bonchev–Trinajstić information content (AvgIpc) is 2.47. The number of benzene rings is 1. The Balaban J connectivity index is 2.18. The highest BCUT2D eigenvalue weighted by Gasteiger charge is 2.10. The first-order valence-corrected chi connectivity index (χ1v) is 6.60. The van der Waals surface area contributed by atoms with Gasteiger partial charge in [-0.2, -0.15) is 0 Å². The minimum atomic E-state index is -0.288. The summed E-state index contributed by atoms with van der Waals surface area (Å²) in [5, 5.41) is 3.09. The predicted octanol–water partition coefficient (Wildman–Crippen LogP) is 2.34. The van der Waals surface area contributed by atoms with Crippen LogP contribution in [0.2, 0.25) is 5.02 Å². The topological polar surface area (TPSA) is 83.3 Å². The Morgan fingerprint density at radius 3 is 2.71 bits per heavy atom. The summed E-state index contributed by atoms with van der Waals surface area (Å²) in [7, 11) is 3.87. The SMILES string of the molecule is CN(C)c1cccc(NC(=O)c2cnc(NN)c(Cl)c2)c1. The van der Waals surface area contributed by atoms with Gasteiger partial charge in [0.05, 0.1) is 10.6 Å². The molecule has 0 aliphatic carbocycles. The average molecular weight is 306 g/mol. The number of hydrazine groups is 1. The maximum atomic E-state index is 12.2. The number of nitrogens with two attached hydrogens (primary N) is 1. The monoisotopic (exact) mass is 305 g/mol. The number of halogens is 1. The highest BCUT2D eigenvalue weighted by Crippen LogP contribution is 2.21. The summed E-state index contributed by atoms with van der Waals surface area (Å²) >= 11 is 5.95. The highest BCUT2D eigenvalue weighted by atomic mass is 35.5. The van der Waals surface area contributed by atoms with E-state index >= 15 is 0 Å². The van der Waals surface area contributed by atoms with Gasteiger partial charge in [-0.05, 0) is 24.3 Å². The molecule has 1 aromatic heterocycles. The Bertz CT molecular complexity index is 660. The summed E-state index contributed by atoms with van der Waals surface area (Å²) in [6.45, 7) is 0. The largest absolute Gasteiger partial charge is 0.378 e. The van der Waals surface area contributed by atoms with Gasteiger partial charge in [-0.15, -0.1) is 0 Å². The third kappa shape index (κ3) is 3.62. The molecule has 7 heteroatoms. The van der Waals surface area contributed by atoms with Gasteiger partial charge in [0.2, 0.25) is 0 Å². The van der Waals surface area contributed by atoms with Crippen molar-refractivity contribution in [1.29, 1.82) is 0 Å². The lowest BCUT2D eigenvalue weighted by molar-refractivity contribution is 0.102. The molecule has 0 atom stereocenters. The number of anilines is 3. The van der Waals surface area contributed by atoms with Gasteiger partial charge >= 0.3 is 0 Å². The van der Waals surface area contributed by atoms with Gasteiger partial charge < -0.3 is 15.6 Å². The van der Waals surface area contributed by atoms with E-state index in [1.165, 1.54) is 12.3 Å². The number of carbonyl (C=O) groups excluding carboxylic acids is 1. The van der Waals surface area contributed by atoms with Crippen molar-refractivity contribution in [3.63, 3.8) is 0 Å². The second kappa shape index (κ2) is 6.43. The fourth-order valence-electron chi connectivity index (χ4n) is 1.73. The zero-order valence-electron chi connectivity index (χ0n) is 11.7. The summed E-state index contributed by atoms with van der Waals surface area (Å²) in [4.78, 5) is 18.1. The number of rotatable bonds is 4. The Morgan fingerprint density at radius 2 is 2.10 bits per heavy atom. The third-order valence-corrected chi connectivity index (χ3v) is 3.15. The molecule has 110 valence electrons. The summed E-state index contributed by atoms with van der Waals surface area (Å²) < 4.78 is 0. The second-order valence-corrected chi connectivity index (χ2v) is 5.00. The van der Waals surface area contributed by atoms with E-state index < -0.39 is 0 Å². The number of nitrogens with zero attached hydrogens (tertiary/aromatic N) is 2. The van der Waals surface area contributed by atoms with Crippen LogP contribution in [-0.4, -0.2) is 25.0 Å². The molecule has 4 N–H and O–H groups in total. The number of aromatic nitrogens is 1. The van der Waals surface area contributed by atoms with Crippen LogP contribution in [0.15, 0.2) is 36.5 Å². The van der Waals surface area contributed by atoms with Crippen LogP contribution in [0.5, 0.6) is 0 Å². The molecule has 0 saturated carbocycles. The lowest BCUT2D eigenvalue weighted by atomic mass is 10.2. The fourth-order valence-corrected chi connectivity index (χ4v) is 1.95. The van der Waals surface area contributed by atoms with Crippen molar-refractivity contribution >= 4 is 34.7 Å². The number of nitrogen functional groups attached to an aromatic ring is 1. The first-order chi connectivity index (χ1) is 10.0. The van der Waals surface area contributed by atoms with Crippen LogP contribution in [0.4, 0.5) is 17.2 Å². The lowest BCUT2D eigenvalue weighted by Crippen LogP contribution is -2.15. The molecule has 1 heterocycles. The summed E-state index contributed by atoms with van der Waals surface area (Å²) in [6.07, 6.45) is 1.41. The predicted molar refractivity (Wildman–Crippen MR) is 85.8 cm³/mol. The minimum absolute atomic E-state index is 0.284. The van der Waals surface area contributed by atoms with E-state index in [2.05, 4.69) is 15.7 Å². The Hall–Kier alpha value is -2.31. The number of pyridine rings is 1. The van der Waals surface area contributed by atoms with Crippen LogP contribution in [0.3, 0.4) is 0 Å². The lowest BCUT2D eigenvalue weighted by Gasteiger charge is -2.14. The summed E-state index contributed by atoms with van der Waals surface area (Å²) in [5.74, 6) is 5.28. The molecule has 1 amide bonds. The van der Waals surface area contributed by atoms with Crippen LogP contribution in [0, 0.1) is 0 Å². The smallest absolute Gasteiger partial charge is 0.257 e. The van der Waals surface area contributed by atoms with Crippen molar-refractivity contribution in [2.75, 3.05) is 29.7 Å². The van der Waals surface area contributed by atoms with Crippen molar-refractivity contribution in [2.45, 2.75) is 0 Å². The number of hydrogen-bond acceptors (Lipinski definition) is 5. The maximum absolute atomic E-state index is 12.2. The molecule has 2 aromatic rings. The van der Waals surface area contributed by atoms with E-state index in [9.17, 15) is 4.79 Å². The third-order valence-electron chi connectivity index (χ3n) is 2.86. The first kappa shape index (κ1) is 15.1. The van der Waals surface area contributed by atoms with Gasteiger partial charge in [-0.25, -0.2) is 10.8 Å². The molecule has 0 saturated heterocycles. The van der Waals surface area contributed by atoms with Gasteiger partial charge in [-0.3, -0.25) is 4.79 Å². The second-order valence-electron chi connectivity index (χ2n) is 4.60. The van der Waals surface area contributed by atoms with Gasteiger partial charge in [0.15, 0.2) is 5.82 Å². The number of amides is 1. The maximum Gasteiger partial charge on any atom is 0.257 e. The Labute approximate surface area is 127 Å². The molecule has 2 rings (SSSR count). The summed E-state index contributed by atoms with van der Waals surface area (Å²) in [5.41, 5.74) is 4.40. The zero-order valence-corrected chi connectivity index (χ0v) is 12.5. The normalized spacial score (nSPS) is 10.1. The molecule has 21 heavy (non-hydrogen) atoms. The standard InChI is InChI=1S/C14H16ClN5O/c1-20(2)11-5-3-4-10(7-11)18-14(21)9-6-12(15)13(19-16)17-8-9/h3-8H,16H2,1-2H3,(H,17,19)(H,18,21). The van der Waals surface area contributed by atoms with Crippen LogP contribution in [0.1, 0.15) is 10.4 Å². The van der Waals surface area contributed by atoms with Crippen molar-refractivity contribution in [1.82, 2.24) is 4.98 Å². The molecule has 0 bridgehead atoms. The molecular weight excluding hydrogens is 290 g/mol. The van der Waals surface area contributed by atoms with Gasteiger partial charge in [0.25, 0.3) is 5.91 Å². The molecule has 0 aliphatic rings. The molecule has 6 nitrogen and oxygen atoms in total. The van der Waals surface area contributed by atoms with Crippen molar-refractivity contribution in [3.8, 4) is 0 Å². The molecule has 0 aliphatic heterocycles. The Kier molecular flexibility index (Phi) is 4.62. The van der Waals surface area contributed by atoms with Crippen molar-refractivity contribution in [2.24, 2.45) is 5.84 Å². The Morgan fingerprint density at radius 1 is 1.33 bits per heavy atom. The van der Waals surface area contributed by atoms with E-state index in [1.54, 1.807) is 0 Å². The minimum Gasteiger partial charge on any atom is -0.378 e. The molecule has 0 fully saturated rings. The molecule has 0 radical (unpaired) electrons. The first-order valence-electron chi connectivity index (χ1n) is 6.22. The quantitative estimate of drug-likeness (QED) is 0.596. The van der Waals surface area contributed by atoms with Gasteiger partial charge in [0.1, 0.15) is 0 Å². The number of nitrogens with one attached hydrogen (secondary N) is 2. The highest BCUT2D eigenvalue weighted by molar-refractivity contribution is 6.33. The molecule has 1 aromatic carbocycles. The van der Waals surface area contributed by atoms with Crippen LogP contribution < -0.4 is 21.5 Å². The van der Waals surface area contributed by atoms with E-state index in [4.69, 9.17) is 17.4 Å². The van der Waals surface area contributed by atoms with E-state index in [0.29, 0.717) is 17.1 Å². The molecular formula is C14H16ClN5O. The zero-order chi connectivity index (χ0) is 15.4. The molecule has 0 unspecified atom stereocenters. The van der Waals surface area contributed by atoms with Crippen LogP contribution in [0.25, 0.3) is 0 Å². The fraction of sp³-hybridized carbons (Fsp3) is 0.143. The van der Waals surface area contributed by atoms with Gasteiger partial charge in [0, 0.05) is 31.7 Å². The van der Waals surface area contributed by atoms with Crippen molar-refractivity contribution < 1.29 is 4.79 Å². The summed E-state index contributed by atoms with van der Waals surface area (Å²) in [6, 6.07) is 9.03. The van der Waals surface area contributed by atoms with Crippen LogP contribution in [-0.2, 0) is 0 Å². The van der Waals surface area contributed by atoms with E-state index in [-0.39, 0.29) is 10.9 Å².